The summed E-state index contributed by atoms with van der Waals surface area (Å²) in [4.78, 5) is 7.37. The fraction of sp³-hybridized carbons (Fsp3) is 0.500. The van der Waals surface area contributed by atoms with Crippen LogP contribution in [0, 0.1) is 12.8 Å². The Labute approximate surface area is 167 Å². The molecule has 0 spiro atoms. The van der Waals surface area contributed by atoms with Crippen LogP contribution in [-0.4, -0.2) is 42.7 Å². The Kier molecular flexibility index (Phi) is 7.64. The molecular weight excluding hydrogens is 352 g/mol. The highest BCUT2D eigenvalue weighted by Crippen LogP contribution is 2.24. The van der Waals surface area contributed by atoms with Gasteiger partial charge < -0.3 is 14.5 Å². The second-order valence-electron chi connectivity index (χ2n) is 7.20. The average Bonchev–Trinajstić information content (AvgIpc) is 2.73. The molecule has 1 aromatic heterocycles. The molecule has 2 aromatic rings. The third-order valence-electron chi connectivity index (χ3n) is 4.92. The van der Waals surface area contributed by atoms with E-state index in [1.165, 1.54) is 19.3 Å². The Morgan fingerprint density at radius 3 is 3.00 bits per heavy atom. The van der Waals surface area contributed by atoms with Crippen molar-refractivity contribution < 1.29 is 9.57 Å². The van der Waals surface area contributed by atoms with E-state index in [1.54, 1.807) is 6.21 Å². The predicted molar refractivity (Wildman–Crippen MR) is 112 cm³/mol. The minimum Gasteiger partial charge on any atom is -0.494 e. The smallest absolute Gasteiger partial charge is 0.151 e. The standard InChI is InChI=1S/C22H30N4O2/c1-3-28-23-16-20-7-4-10-21(15-20)27-14-6-9-19-8-5-13-26(17-19)22-12-11-18(2)24-25-22/h4,7,10-12,15-16,19H,3,5-6,8-9,13-14,17H2,1-2H3. The molecule has 0 N–H and O–H groups in total. The highest BCUT2D eigenvalue weighted by atomic mass is 16.6. The third kappa shape index (κ3) is 6.22. The van der Waals surface area contributed by atoms with Crippen molar-refractivity contribution in [3.8, 4) is 5.75 Å². The first kappa shape index (κ1) is 20.1. The zero-order valence-electron chi connectivity index (χ0n) is 16.9. The van der Waals surface area contributed by atoms with Gasteiger partial charge in [0.2, 0.25) is 0 Å². The first-order valence-corrected chi connectivity index (χ1v) is 10.2. The number of piperidine rings is 1. The van der Waals surface area contributed by atoms with Gasteiger partial charge in [-0.2, -0.15) is 5.10 Å². The maximum absolute atomic E-state index is 5.93. The van der Waals surface area contributed by atoms with Gasteiger partial charge in [0, 0.05) is 13.1 Å². The molecule has 1 unspecified atom stereocenters. The molecule has 28 heavy (non-hydrogen) atoms. The Morgan fingerprint density at radius 1 is 1.25 bits per heavy atom. The molecular formula is C22H30N4O2. The monoisotopic (exact) mass is 382 g/mol. The van der Waals surface area contributed by atoms with E-state index in [0.717, 1.165) is 48.9 Å². The molecule has 0 aliphatic carbocycles. The van der Waals surface area contributed by atoms with Crippen LogP contribution in [0.5, 0.6) is 5.75 Å². The van der Waals surface area contributed by atoms with Crippen molar-refractivity contribution >= 4 is 12.0 Å². The van der Waals surface area contributed by atoms with Gasteiger partial charge in [0.25, 0.3) is 0 Å². The van der Waals surface area contributed by atoms with Crippen LogP contribution in [0.1, 0.15) is 43.9 Å². The summed E-state index contributed by atoms with van der Waals surface area (Å²) >= 11 is 0. The number of hydrogen-bond donors (Lipinski definition) is 0. The van der Waals surface area contributed by atoms with Crippen LogP contribution < -0.4 is 9.64 Å². The lowest BCUT2D eigenvalue weighted by Gasteiger charge is -2.33. The van der Waals surface area contributed by atoms with Crippen LogP contribution in [0.2, 0.25) is 0 Å². The number of rotatable bonds is 9. The van der Waals surface area contributed by atoms with Crippen molar-refractivity contribution in [1.82, 2.24) is 10.2 Å². The largest absolute Gasteiger partial charge is 0.494 e. The fourth-order valence-electron chi connectivity index (χ4n) is 3.49. The number of nitrogens with zero attached hydrogens (tertiary/aromatic N) is 4. The number of hydrogen-bond acceptors (Lipinski definition) is 6. The van der Waals surface area contributed by atoms with E-state index in [2.05, 4.69) is 26.3 Å². The average molecular weight is 383 g/mol. The fourth-order valence-corrected chi connectivity index (χ4v) is 3.49. The van der Waals surface area contributed by atoms with Gasteiger partial charge >= 0.3 is 0 Å². The lowest BCUT2D eigenvalue weighted by Crippen LogP contribution is -2.36. The van der Waals surface area contributed by atoms with Crippen molar-refractivity contribution in [3.05, 3.63) is 47.7 Å². The summed E-state index contributed by atoms with van der Waals surface area (Å²) in [5.41, 5.74) is 1.94. The third-order valence-corrected chi connectivity index (χ3v) is 4.92. The van der Waals surface area contributed by atoms with E-state index in [9.17, 15) is 0 Å². The molecule has 1 aliphatic heterocycles. The molecule has 1 saturated heterocycles. The summed E-state index contributed by atoms with van der Waals surface area (Å²) in [5.74, 6) is 2.56. The Hall–Kier alpha value is -2.63. The molecule has 3 rings (SSSR count). The Balaban J connectivity index is 1.41. The maximum atomic E-state index is 5.93. The SMILES string of the molecule is CCON=Cc1cccc(OCCCC2CCCN(c3ccc(C)nn3)C2)c1. The van der Waals surface area contributed by atoms with Gasteiger partial charge in [-0.05, 0) is 75.3 Å². The molecule has 6 nitrogen and oxygen atoms in total. The Bertz CT molecular complexity index is 748. The van der Waals surface area contributed by atoms with Crippen LogP contribution in [-0.2, 0) is 4.84 Å². The lowest BCUT2D eigenvalue weighted by atomic mass is 9.93. The molecule has 1 fully saturated rings. The molecule has 0 amide bonds. The number of aryl methyl sites for hydroxylation is 1. The predicted octanol–water partition coefficient (Wildman–Crippen LogP) is 4.23. The van der Waals surface area contributed by atoms with Crippen LogP contribution in [0.4, 0.5) is 5.82 Å². The summed E-state index contributed by atoms with van der Waals surface area (Å²) in [6, 6.07) is 12.0. The molecule has 1 aromatic carbocycles. The number of anilines is 1. The summed E-state index contributed by atoms with van der Waals surface area (Å²) in [5, 5.41) is 12.4. The van der Waals surface area contributed by atoms with Crippen molar-refractivity contribution in [2.45, 2.75) is 39.5 Å². The highest BCUT2D eigenvalue weighted by molar-refractivity contribution is 5.79. The van der Waals surface area contributed by atoms with Crippen LogP contribution in [0.15, 0.2) is 41.6 Å². The number of benzene rings is 1. The second kappa shape index (κ2) is 10.6. The molecule has 6 heteroatoms. The highest BCUT2D eigenvalue weighted by Gasteiger charge is 2.20. The number of ether oxygens (including phenoxy) is 1. The lowest BCUT2D eigenvalue weighted by molar-refractivity contribution is 0.160. The zero-order chi connectivity index (χ0) is 19.6. The first-order chi connectivity index (χ1) is 13.7. The summed E-state index contributed by atoms with van der Waals surface area (Å²) in [6.45, 7) is 7.31. The topological polar surface area (TPSA) is 59.8 Å². The van der Waals surface area contributed by atoms with E-state index in [4.69, 9.17) is 9.57 Å². The minimum atomic E-state index is 0.571. The van der Waals surface area contributed by atoms with Crippen LogP contribution in [0.25, 0.3) is 0 Å². The molecule has 1 atom stereocenters. The van der Waals surface area contributed by atoms with Gasteiger partial charge in [-0.3, -0.25) is 0 Å². The van der Waals surface area contributed by atoms with E-state index < -0.39 is 0 Å². The van der Waals surface area contributed by atoms with E-state index in [1.807, 2.05) is 44.2 Å². The van der Waals surface area contributed by atoms with Gasteiger partial charge in [-0.15, -0.1) is 5.10 Å². The van der Waals surface area contributed by atoms with Crippen molar-refractivity contribution in [2.75, 3.05) is 31.2 Å². The normalized spacial score (nSPS) is 17.1. The summed E-state index contributed by atoms with van der Waals surface area (Å²) in [7, 11) is 0. The molecule has 0 bridgehead atoms. The second-order valence-corrected chi connectivity index (χ2v) is 7.20. The molecule has 150 valence electrons. The quantitative estimate of drug-likeness (QED) is 0.369. The number of oxime groups is 1. The van der Waals surface area contributed by atoms with Crippen LogP contribution in [0.3, 0.4) is 0 Å². The molecule has 2 heterocycles. The van der Waals surface area contributed by atoms with Gasteiger partial charge in [-0.25, -0.2) is 0 Å². The summed E-state index contributed by atoms with van der Waals surface area (Å²) < 4.78 is 5.93. The first-order valence-electron chi connectivity index (χ1n) is 10.2. The van der Waals surface area contributed by atoms with Gasteiger partial charge in [0.1, 0.15) is 12.4 Å². The molecule has 0 saturated carbocycles. The van der Waals surface area contributed by atoms with Gasteiger partial charge in [-0.1, -0.05) is 17.3 Å². The minimum absolute atomic E-state index is 0.571. The van der Waals surface area contributed by atoms with E-state index in [0.29, 0.717) is 12.5 Å². The zero-order valence-corrected chi connectivity index (χ0v) is 16.9. The van der Waals surface area contributed by atoms with Crippen molar-refractivity contribution in [3.63, 3.8) is 0 Å². The Morgan fingerprint density at radius 2 is 2.18 bits per heavy atom. The number of aromatic nitrogens is 2. The van der Waals surface area contributed by atoms with Crippen LogP contribution >= 0.6 is 0 Å². The molecule has 0 radical (unpaired) electrons. The van der Waals surface area contributed by atoms with Crippen molar-refractivity contribution in [2.24, 2.45) is 11.1 Å². The van der Waals surface area contributed by atoms with E-state index in [-0.39, 0.29) is 0 Å². The van der Waals surface area contributed by atoms with Gasteiger partial charge in [0.15, 0.2) is 5.82 Å². The summed E-state index contributed by atoms with van der Waals surface area (Å²) in [6.07, 6.45) is 6.42. The maximum Gasteiger partial charge on any atom is 0.151 e. The van der Waals surface area contributed by atoms with Gasteiger partial charge in [0.05, 0.1) is 18.5 Å². The van der Waals surface area contributed by atoms with E-state index >= 15 is 0 Å². The van der Waals surface area contributed by atoms with Crippen molar-refractivity contribution in [1.29, 1.82) is 0 Å². The molecule has 1 aliphatic rings.